The second kappa shape index (κ2) is 7.04. The molecule has 0 spiro atoms. The lowest BCUT2D eigenvalue weighted by Gasteiger charge is -2.24. The lowest BCUT2D eigenvalue weighted by atomic mass is 9.96. The summed E-state index contributed by atoms with van der Waals surface area (Å²) in [5.41, 5.74) is -0.443. The van der Waals surface area contributed by atoms with Gasteiger partial charge in [0.05, 0.1) is 6.54 Å². The van der Waals surface area contributed by atoms with Gasteiger partial charge in [-0.3, -0.25) is 4.79 Å². The standard InChI is InChI=1S/C17H18FNO3/c1-17(21,13-5-3-2-4-6-13)12-19-16(20)11-22-15-9-7-14(18)8-10-15/h2-10,21H,11-12H2,1H3,(H,19,20)/t17-/m1/s1. The van der Waals surface area contributed by atoms with Crippen LogP contribution in [-0.2, 0) is 10.4 Å². The Hall–Kier alpha value is -2.40. The highest BCUT2D eigenvalue weighted by molar-refractivity contribution is 5.77. The normalized spacial score (nSPS) is 13.2. The summed E-state index contributed by atoms with van der Waals surface area (Å²) in [6.45, 7) is 1.50. The van der Waals surface area contributed by atoms with E-state index in [4.69, 9.17) is 4.74 Å². The first-order valence-corrected chi connectivity index (χ1v) is 6.90. The summed E-state index contributed by atoms with van der Waals surface area (Å²) in [6, 6.07) is 14.5. The van der Waals surface area contributed by atoms with E-state index in [9.17, 15) is 14.3 Å². The van der Waals surface area contributed by atoms with E-state index in [1.807, 2.05) is 18.2 Å². The molecule has 5 heteroatoms. The number of benzene rings is 2. The molecule has 2 aromatic rings. The van der Waals surface area contributed by atoms with Crippen molar-refractivity contribution in [3.05, 3.63) is 66.0 Å². The first-order valence-electron chi connectivity index (χ1n) is 6.90. The van der Waals surface area contributed by atoms with Crippen LogP contribution in [-0.4, -0.2) is 24.2 Å². The second-order valence-corrected chi connectivity index (χ2v) is 5.16. The first kappa shape index (κ1) is 16.0. The number of carbonyl (C=O) groups excluding carboxylic acids is 1. The minimum Gasteiger partial charge on any atom is -0.484 e. The van der Waals surface area contributed by atoms with Crippen molar-refractivity contribution in [2.45, 2.75) is 12.5 Å². The van der Waals surface area contributed by atoms with E-state index in [0.29, 0.717) is 5.75 Å². The molecule has 0 aliphatic heterocycles. The lowest BCUT2D eigenvalue weighted by molar-refractivity contribution is -0.124. The van der Waals surface area contributed by atoms with Crippen LogP contribution < -0.4 is 10.1 Å². The number of nitrogens with one attached hydrogen (secondary N) is 1. The maximum atomic E-state index is 12.7. The highest BCUT2D eigenvalue weighted by Gasteiger charge is 2.23. The zero-order valence-corrected chi connectivity index (χ0v) is 12.3. The Morgan fingerprint density at radius 1 is 1.18 bits per heavy atom. The van der Waals surface area contributed by atoms with E-state index in [1.54, 1.807) is 19.1 Å². The second-order valence-electron chi connectivity index (χ2n) is 5.16. The monoisotopic (exact) mass is 303 g/mol. The van der Waals surface area contributed by atoms with Crippen LogP contribution in [0, 0.1) is 5.82 Å². The number of aliphatic hydroxyl groups is 1. The molecule has 22 heavy (non-hydrogen) atoms. The van der Waals surface area contributed by atoms with E-state index >= 15 is 0 Å². The summed E-state index contributed by atoms with van der Waals surface area (Å²) in [4.78, 5) is 11.7. The number of hydrogen-bond acceptors (Lipinski definition) is 3. The molecule has 0 bridgehead atoms. The fourth-order valence-electron chi connectivity index (χ4n) is 1.90. The third-order valence-electron chi connectivity index (χ3n) is 3.21. The molecule has 0 aliphatic rings. The molecule has 2 N–H and O–H groups in total. The fourth-order valence-corrected chi connectivity index (χ4v) is 1.90. The Kier molecular flexibility index (Phi) is 5.12. The summed E-state index contributed by atoms with van der Waals surface area (Å²) in [6.07, 6.45) is 0. The summed E-state index contributed by atoms with van der Waals surface area (Å²) in [5, 5.41) is 13.0. The van der Waals surface area contributed by atoms with Gasteiger partial charge in [-0.2, -0.15) is 0 Å². The minimum atomic E-state index is -1.16. The maximum absolute atomic E-state index is 12.7. The number of carbonyl (C=O) groups is 1. The molecule has 116 valence electrons. The van der Waals surface area contributed by atoms with Crippen molar-refractivity contribution in [1.82, 2.24) is 5.32 Å². The maximum Gasteiger partial charge on any atom is 0.258 e. The molecule has 0 fully saturated rings. The highest BCUT2D eigenvalue weighted by Crippen LogP contribution is 2.18. The average Bonchev–Trinajstić information content (AvgIpc) is 2.53. The van der Waals surface area contributed by atoms with Crippen molar-refractivity contribution in [3.63, 3.8) is 0 Å². The summed E-state index contributed by atoms with van der Waals surface area (Å²) >= 11 is 0. The van der Waals surface area contributed by atoms with Gasteiger partial charge in [0.15, 0.2) is 6.61 Å². The topological polar surface area (TPSA) is 58.6 Å². The first-order chi connectivity index (χ1) is 10.5. The number of halogens is 1. The third-order valence-corrected chi connectivity index (χ3v) is 3.21. The van der Waals surface area contributed by atoms with Crippen molar-refractivity contribution in [1.29, 1.82) is 0 Å². The quantitative estimate of drug-likeness (QED) is 0.860. The highest BCUT2D eigenvalue weighted by atomic mass is 19.1. The van der Waals surface area contributed by atoms with E-state index in [1.165, 1.54) is 24.3 Å². The van der Waals surface area contributed by atoms with Crippen LogP contribution in [0.25, 0.3) is 0 Å². The largest absolute Gasteiger partial charge is 0.484 e. The Morgan fingerprint density at radius 3 is 2.45 bits per heavy atom. The Balaban J connectivity index is 1.81. The third kappa shape index (κ3) is 4.56. The fraction of sp³-hybridized carbons (Fsp3) is 0.235. The zero-order chi connectivity index (χ0) is 16.0. The Bertz CT molecular complexity index is 612. The van der Waals surface area contributed by atoms with Gasteiger partial charge in [0, 0.05) is 0 Å². The van der Waals surface area contributed by atoms with Gasteiger partial charge in [-0.15, -0.1) is 0 Å². The summed E-state index contributed by atoms with van der Waals surface area (Å²) < 4.78 is 18.0. The van der Waals surface area contributed by atoms with Gasteiger partial charge in [0.25, 0.3) is 5.91 Å². The molecular weight excluding hydrogens is 285 g/mol. The van der Waals surface area contributed by atoms with Gasteiger partial charge in [0.2, 0.25) is 0 Å². The predicted octanol–water partition coefficient (Wildman–Crippen LogP) is 2.23. The molecular formula is C17H18FNO3. The SMILES string of the molecule is C[C@@](O)(CNC(=O)COc1ccc(F)cc1)c1ccccc1. The molecule has 2 aromatic carbocycles. The molecule has 0 heterocycles. The molecule has 0 saturated heterocycles. The van der Waals surface area contributed by atoms with E-state index in [0.717, 1.165) is 5.56 Å². The van der Waals surface area contributed by atoms with Gasteiger partial charge in [-0.25, -0.2) is 4.39 Å². The summed E-state index contributed by atoms with van der Waals surface area (Å²) in [5.74, 6) is -0.317. The molecule has 4 nitrogen and oxygen atoms in total. The average molecular weight is 303 g/mol. The number of amides is 1. The van der Waals surface area contributed by atoms with Crippen molar-refractivity contribution >= 4 is 5.91 Å². The molecule has 0 saturated carbocycles. The van der Waals surface area contributed by atoms with Gasteiger partial charge < -0.3 is 15.2 Å². The molecule has 0 aliphatic carbocycles. The minimum absolute atomic E-state index is 0.0720. The van der Waals surface area contributed by atoms with Gasteiger partial charge in [-0.1, -0.05) is 30.3 Å². The summed E-state index contributed by atoms with van der Waals surface area (Å²) in [7, 11) is 0. The van der Waals surface area contributed by atoms with Crippen LogP contribution in [0.4, 0.5) is 4.39 Å². The number of rotatable bonds is 6. The molecule has 0 unspecified atom stereocenters. The van der Waals surface area contributed by atoms with Gasteiger partial charge in [-0.05, 0) is 36.8 Å². The Morgan fingerprint density at radius 2 is 1.82 bits per heavy atom. The van der Waals surface area contributed by atoms with Crippen molar-refractivity contribution < 1.29 is 19.0 Å². The van der Waals surface area contributed by atoms with E-state index in [-0.39, 0.29) is 24.9 Å². The smallest absolute Gasteiger partial charge is 0.258 e. The van der Waals surface area contributed by atoms with Gasteiger partial charge >= 0.3 is 0 Å². The van der Waals surface area contributed by atoms with E-state index < -0.39 is 5.60 Å². The van der Waals surface area contributed by atoms with Crippen LogP contribution in [0.2, 0.25) is 0 Å². The predicted molar refractivity (Wildman–Crippen MR) is 80.9 cm³/mol. The van der Waals surface area contributed by atoms with Crippen LogP contribution >= 0.6 is 0 Å². The molecule has 2 rings (SSSR count). The van der Waals surface area contributed by atoms with Crippen LogP contribution in [0.5, 0.6) is 5.75 Å². The van der Waals surface area contributed by atoms with Crippen LogP contribution in [0.15, 0.2) is 54.6 Å². The zero-order valence-electron chi connectivity index (χ0n) is 12.3. The lowest BCUT2D eigenvalue weighted by Crippen LogP contribution is -2.40. The number of hydrogen-bond donors (Lipinski definition) is 2. The molecule has 1 amide bonds. The van der Waals surface area contributed by atoms with Crippen molar-refractivity contribution in [2.24, 2.45) is 0 Å². The van der Waals surface area contributed by atoms with Crippen molar-refractivity contribution in [2.75, 3.05) is 13.2 Å². The van der Waals surface area contributed by atoms with Crippen LogP contribution in [0.1, 0.15) is 12.5 Å². The Labute approximate surface area is 128 Å². The van der Waals surface area contributed by atoms with E-state index in [2.05, 4.69) is 5.32 Å². The number of ether oxygens (including phenoxy) is 1. The van der Waals surface area contributed by atoms with Gasteiger partial charge in [0.1, 0.15) is 17.2 Å². The molecule has 0 radical (unpaired) electrons. The van der Waals surface area contributed by atoms with Crippen molar-refractivity contribution in [3.8, 4) is 5.75 Å². The molecule has 0 aromatic heterocycles. The van der Waals surface area contributed by atoms with Crippen LogP contribution in [0.3, 0.4) is 0 Å². The molecule has 1 atom stereocenters.